The van der Waals surface area contributed by atoms with Gasteiger partial charge in [-0.05, 0) is 55.4 Å². The fourth-order valence-corrected chi connectivity index (χ4v) is 4.10. The Bertz CT molecular complexity index is 372. The third-order valence-electron chi connectivity index (χ3n) is 5.31. The van der Waals surface area contributed by atoms with Gasteiger partial charge < -0.3 is 10.8 Å². The molecule has 3 rings (SSSR count). The molecule has 0 radical (unpaired) electrons. The van der Waals surface area contributed by atoms with Gasteiger partial charge in [-0.3, -0.25) is 4.79 Å². The van der Waals surface area contributed by atoms with Crippen LogP contribution in [-0.2, 0) is 4.79 Å². The number of rotatable bonds is 4. The summed E-state index contributed by atoms with van der Waals surface area (Å²) in [5.41, 5.74) is 7.34. The number of carboxylic acids is 1. The van der Waals surface area contributed by atoms with Crippen LogP contribution in [0.25, 0.3) is 0 Å². The van der Waals surface area contributed by atoms with Gasteiger partial charge in [0.15, 0.2) is 0 Å². The van der Waals surface area contributed by atoms with Crippen LogP contribution in [0.1, 0.15) is 38.5 Å². The molecule has 3 aliphatic carbocycles. The van der Waals surface area contributed by atoms with Crippen molar-refractivity contribution in [3.05, 3.63) is 11.6 Å². The maximum Gasteiger partial charge on any atom is 0.303 e. The Kier molecular flexibility index (Phi) is 2.54. The first kappa shape index (κ1) is 11.3. The van der Waals surface area contributed by atoms with Crippen molar-refractivity contribution in [2.75, 3.05) is 6.54 Å². The highest BCUT2D eigenvalue weighted by Gasteiger charge is 2.55. The zero-order chi connectivity index (χ0) is 12.0. The molecule has 3 heteroatoms. The van der Waals surface area contributed by atoms with Crippen molar-refractivity contribution in [3.63, 3.8) is 0 Å². The molecular weight excluding hydrogens is 214 g/mol. The fourth-order valence-electron chi connectivity index (χ4n) is 4.10. The van der Waals surface area contributed by atoms with E-state index in [9.17, 15) is 4.79 Å². The van der Waals surface area contributed by atoms with Gasteiger partial charge in [0.2, 0.25) is 0 Å². The van der Waals surface area contributed by atoms with Crippen LogP contribution in [0.3, 0.4) is 0 Å². The Balaban J connectivity index is 1.74. The molecular formula is C14H21NO2. The lowest BCUT2D eigenvalue weighted by Crippen LogP contribution is -2.51. The summed E-state index contributed by atoms with van der Waals surface area (Å²) in [7, 11) is 0. The van der Waals surface area contributed by atoms with Crippen LogP contribution in [0.5, 0.6) is 0 Å². The number of carbonyl (C=O) groups is 1. The number of nitrogens with two attached hydrogens (primary N) is 1. The number of hydrogen-bond donors (Lipinski definition) is 2. The van der Waals surface area contributed by atoms with Gasteiger partial charge in [-0.25, -0.2) is 0 Å². The first-order chi connectivity index (χ1) is 8.14. The van der Waals surface area contributed by atoms with Gasteiger partial charge in [0.1, 0.15) is 0 Å². The summed E-state index contributed by atoms with van der Waals surface area (Å²) >= 11 is 0. The normalized spacial score (nSPS) is 40.2. The number of allylic oxidation sites excluding steroid dienone is 2. The molecule has 0 aliphatic heterocycles. The molecule has 3 nitrogen and oxygen atoms in total. The van der Waals surface area contributed by atoms with E-state index in [1.54, 1.807) is 5.57 Å². The van der Waals surface area contributed by atoms with Crippen LogP contribution >= 0.6 is 0 Å². The van der Waals surface area contributed by atoms with Gasteiger partial charge in [-0.15, -0.1) is 0 Å². The third-order valence-corrected chi connectivity index (χ3v) is 5.31. The number of carboxylic acid groups (broad SMARTS) is 1. The standard InChI is InChI=1S/C14H21NO2/c15-8-14(7-13(16)17)6-11-4-10(5-12(11)14)9-2-1-3-9/h5,9,11-12H,1-4,6-8,15H2,(H,16,17)/t11-,12-,14-/m0/s1. The van der Waals surface area contributed by atoms with Crippen molar-refractivity contribution >= 4 is 5.97 Å². The molecule has 0 aromatic carbocycles. The molecule has 3 aliphatic rings. The van der Waals surface area contributed by atoms with Crippen LogP contribution in [0.2, 0.25) is 0 Å². The number of aliphatic carboxylic acids is 1. The molecule has 0 unspecified atom stereocenters. The Morgan fingerprint density at radius 3 is 2.82 bits per heavy atom. The molecule has 94 valence electrons. The Labute approximate surface area is 102 Å². The van der Waals surface area contributed by atoms with Crippen molar-refractivity contribution < 1.29 is 9.90 Å². The molecule has 3 atom stereocenters. The first-order valence-corrected chi connectivity index (χ1v) is 6.77. The van der Waals surface area contributed by atoms with E-state index in [2.05, 4.69) is 6.08 Å². The lowest BCUT2D eigenvalue weighted by Gasteiger charge is -2.51. The van der Waals surface area contributed by atoms with Crippen molar-refractivity contribution in [2.24, 2.45) is 28.9 Å². The summed E-state index contributed by atoms with van der Waals surface area (Å²) < 4.78 is 0. The monoisotopic (exact) mass is 235 g/mol. The SMILES string of the molecule is NC[C@@]1(CC(=O)O)C[C@@H]2CC(C3CCC3)=C[C@@H]21. The smallest absolute Gasteiger partial charge is 0.303 e. The van der Waals surface area contributed by atoms with E-state index in [-0.39, 0.29) is 11.8 Å². The number of hydrogen-bond acceptors (Lipinski definition) is 2. The van der Waals surface area contributed by atoms with Crippen LogP contribution in [0.15, 0.2) is 11.6 Å². The minimum absolute atomic E-state index is 0.123. The van der Waals surface area contributed by atoms with Crippen LogP contribution in [-0.4, -0.2) is 17.6 Å². The Morgan fingerprint density at radius 1 is 1.53 bits per heavy atom. The second kappa shape index (κ2) is 3.84. The van der Waals surface area contributed by atoms with E-state index in [0.717, 1.165) is 12.3 Å². The van der Waals surface area contributed by atoms with Crippen molar-refractivity contribution in [2.45, 2.75) is 38.5 Å². The minimum Gasteiger partial charge on any atom is -0.481 e. The molecule has 0 bridgehead atoms. The van der Waals surface area contributed by atoms with E-state index in [1.807, 2.05) is 0 Å². The van der Waals surface area contributed by atoms with Gasteiger partial charge in [0.25, 0.3) is 0 Å². The maximum atomic E-state index is 11.0. The average molecular weight is 235 g/mol. The van der Waals surface area contributed by atoms with E-state index >= 15 is 0 Å². The van der Waals surface area contributed by atoms with Crippen molar-refractivity contribution in [1.29, 1.82) is 0 Å². The highest BCUT2D eigenvalue weighted by Crippen LogP contribution is 2.61. The van der Waals surface area contributed by atoms with Gasteiger partial charge in [-0.1, -0.05) is 18.1 Å². The summed E-state index contributed by atoms with van der Waals surface area (Å²) in [5, 5.41) is 9.02. The molecule has 0 aromatic rings. The zero-order valence-corrected chi connectivity index (χ0v) is 10.2. The third kappa shape index (κ3) is 1.63. The van der Waals surface area contributed by atoms with Gasteiger partial charge in [0, 0.05) is 0 Å². The summed E-state index contributed by atoms with van der Waals surface area (Å²) in [6, 6.07) is 0. The summed E-state index contributed by atoms with van der Waals surface area (Å²) in [5.74, 6) is 1.29. The predicted octanol–water partition coefficient (Wildman–Crippen LogP) is 2.17. The largest absolute Gasteiger partial charge is 0.481 e. The minimum atomic E-state index is -0.695. The molecule has 0 spiro atoms. The van der Waals surface area contributed by atoms with E-state index in [0.29, 0.717) is 18.4 Å². The van der Waals surface area contributed by atoms with Crippen LogP contribution in [0, 0.1) is 23.2 Å². The van der Waals surface area contributed by atoms with E-state index in [4.69, 9.17) is 10.8 Å². The summed E-state index contributed by atoms with van der Waals surface area (Å²) in [6.07, 6.45) is 8.95. The molecule has 3 N–H and O–H groups in total. The lowest BCUT2D eigenvalue weighted by molar-refractivity contribution is -0.144. The topological polar surface area (TPSA) is 63.3 Å². The van der Waals surface area contributed by atoms with E-state index in [1.165, 1.54) is 25.7 Å². The van der Waals surface area contributed by atoms with Crippen LogP contribution in [0.4, 0.5) is 0 Å². The summed E-state index contributed by atoms with van der Waals surface area (Å²) in [4.78, 5) is 11.0. The Morgan fingerprint density at radius 2 is 2.29 bits per heavy atom. The zero-order valence-electron chi connectivity index (χ0n) is 10.2. The summed E-state index contributed by atoms with van der Waals surface area (Å²) in [6.45, 7) is 0.523. The lowest BCUT2D eigenvalue weighted by atomic mass is 9.53. The van der Waals surface area contributed by atoms with Crippen LogP contribution < -0.4 is 5.73 Å². The number of fused-ring (bicyclic) bond motifs is 1. The molecule has 0 aromatic heterocycles. The molecule has 0 saturated heterocycles. The average Bonchev–Trinajstić information content (AvgIpc) is 2.51. The first-order valence-electron chi connectivity index (χ1n) is 6.77. The van der Waals surface area contributed by atoms with Crippen molar-refractivity contribution in [1.82, 2.24) is 0 Å². The molecule has 2 fully saturated rings. The second-order valence-electron chi connectivity index (χ2n) is 6.20. The maximum absolute atomic E-state index is 11.0. The van der Waals surface area contributed by atoms with Crippen molar-refractivity contribution in [3.8, 4) is 0 Å². The highest BCUT2D eigenvalue weighted by molar-refractivity contribution is 5.68. The molecule has 17 heavy (non-hydrogen) atoms. The predicted molar refractivity (Wildman–Crippen MR) is 65.4 cm³/mol. The second-order valence-corrected chi connectivity index (χ2v) is 6.20. The quantitative estimate of drug-likeness (QED) is 0.734. The Hall–Kier alpha value is -0.830. The highest BCUT2D eigenvalue weighted by atomic mass is 16.4. The van der Waals surface area contributed by atoms with Gasteiger partial charge >= 0.3 is 5.97 Å². The molecule has 0 amide bonds. The molecule has 2 saturated carbocycles. The van der Waals surface area contributed by atoms with Gasteiger partial charge in [0.05, 0.1) is 6.42 Å². The van der Waals surface area contributed by atoms with E-state index < -0.39 is 5.97 Å². The van der Waals surface area contributed by atoms with Gasteiger partial charge in [-0.2, -0.15) is 0 Å². The molecule has 0 heterocycles. The fraction of sp³-hybridized carbons (Fsp3) is 0.786.